The van der Waals surface area contributed by atoms with Gasteiger partial charge in [-0.3, -0.25) is 5.10 Å². The minimum atomic E-state index is -5.41. The van der Waals surface area contributed by atoms with Gasteiger partial charge in [-0.05, 0) is 32.0 Å². The van der Waals surface area contributed by atoms with Crippen LogP contribution in [0, 0.1) is 6.92 Å². The Morgan fingerprint density at radius 3 is 2.52 bits per heavy atom. The van der Waals surface area contributed by atoms with E-state index in [2.05, 4.69) is 15.5 Å². The third-order valence-corrected chi connectivity index (χ3v) is 4.70. The molecule has 0 amide bonds. The van der Waals surface area contributed by atoms with E-state index in [0.29, 0.717) is 6.42 Å². The summed E-state index contributed by atoms with van der Waals surface area (Å²) < 4.78 is 61.5. The third-order valence-electron chi connectivity index (χ3n) is 3.16. The van der Waals surface area contributed by atoms with Crippen LogP contribution in [0.15, 0.2) is 35.2 Å². The highest BCUT2D eigenvalue weighted by Gasteiger charge is 2.47. The molecule has 9 heteroatoms. The van der Waals surface area contributed by atoms with Gasteiger partial charge in [0.2, 0.25) is 0 Å². The average molecular weight is 347 g/mol. The predicted molar refractivity (Wildman–Crippen MR) is 79.8 cm³/mol. The van der Waals surface area contributed by atoms with Gasteiger partial charge in [-0.1, -0.05) is 12.1 Å². The zero-order valence-corrected chi connectivity index (χ0v) is 13.3. The third kappa shape index (κ3) is 3.84. The number of alkyl halides is 3. The van der Waals surface area contributed by atoms with Crippen LogP contribution >= 0.6 is 0 Å². The molecule has 0 aliphatic rings. The Balaban J connectivity index is 2.24. The van der Waals surface area contributed by atoms with E-state index < -0.39 is 20.2 Å². The van der Waals surface area contributed by atoms with Gasteiger partial charge in [-0.25, -0.2) is 8.42 Å². The number of nitrogens with zero attached hydrogens (tertiary/aromatic N) is 1. The highest BCUT2D eigenvalue weighted by molar-refractivity contribution is 7.92. The van der Waals surface area contributed by atoms with Crippen molar-refractivity contribution in [2.75, 3.05) is 5.32 Å². The number of hydrogen-bond donors (Lipinski definition) is 2. The Morgan fingerprint density at radius 2 is 1.96 bits per heavy atom. The van der Waals surface area contributed by atoms with Crippen LogP contribution in [0.1, 0.15) is 18.3 Å². The highest BCUT2D eigenvalue weighted by Crippen LogP contribution is 2.34. The van der Waals surface area contributed by atoms with Crippen molar-refractivity contribution < 1.29 is 21.6 Å². The smallest absolute Gasteiger partial charge is 0.381 e. The lowest BCUT2D eigenvalue weighted by Crippen LogP contribution is -2.26. The van der Waals surface area contributed by atoms with Crippen molar-refractivity contribution in [3.05, 3.63) is 41.7 Å². The number of sulfone groups is 1. The SMILES string of the molecule is Cc1cc(CC(C)Nc2ccccc2S(=O)(=O)C(F)(F)F)n[nH]1. The van der Waals surface area contributed by atoms with Crippen LogP contribution in [0.2, 0.25) is 0 Å². The lowest BCUT2D eigenvalue weighted by Gasteiger charge is -2.18. The van der Waals surface area contributed by atoms with Gasteiger partial charge in [0.1, 0.15) is 0 Å². The van der Waals surface area contributed by atoms with Crippen LogP contribution in [0.4, 0.5) is 18.9 Å². The molecule has 23 heavy (non-hydrogen) atoms. The fourth-order valence-corrected chi connectivity index (χ4v) is 3.08. The van der Waals surface area contributed by atoms with E-state index in [4.69, 9.17) is 0 Å². The van der Waals surface area contributed by atoms with E-state index in [0.717, 1.165) is 17.5 Å². The van der Waals surface area contributed by atoms with Gasteiger partial charge in [0.25, 0.3) is 9.84 Å². The summed E-state index contributed by atoms with van der Waals surface area (Å²) >= 11 is 0. The second-order valence-corrected chi connectivity index (χ2v) is 7.15. The molecule has 1 unspecified atom stereocenters. The summed E-state index contributed by atoms with van der Waals surface area (Å²) in [5.74, 6) is 0. The molecular weight excluding hydrogens is 331 g/mol. The van der Waals surface area contributed by atoms with Crippen molar-refractivity contribution in [3.8, 4) is 0 Å². The Hall–Kier alpha value is -2.03. The maximum atomic E-state index is 12.8. The number of halogens is 3. The standard InChI is InChI=1S/C14H16F3N3O2S/c1-9(7-11-8-10(2)19-20-11)18-12-5-3-4-6-13(12)23(21,22)14(15,16)17/h3-6,8-9,18H,7H2,1-2H3,(H,19,20). The molecule has 0 spiro atoms. The topological polar surface area (TPSA) is 74.8 Å². The fourth-order valence-electron chi connectivity index (χ4n) is 2.15. The lowest BCUT2D eigenvalue weighted by atomic mass is 10.1. The largest absolute Gasteiger partial charge is 0.501 e. The number of hydrogen-bond acceptors (Lipinski definition) is 4. The molecule has 1 atom stereocenters. The molecule has 0 radical (unpaired) electrons. The van der Waals surface area contributed by atoms with Gasteiger partial charge in [0.05, 0.1) is 16.3 Å². The maximum Gasteiger partial charge on any atom is 0.501 e. The van der Waals surface area contributed by atoms with E-state index >= 15 is 0 Å². The number of aryl methyl sites for hydroxylation is 1. The first-order valence-corrected chi connectivity index (χ1v) is 8.27. The van der Waals surface area contributed by atoms with Gasteiger partial charge in [-0.15, -0.1) is 0 Å². The van der Waals surface area contributed by atoms with Gasteiger partial charge >= 0.3 is 5.51 Å². The van der Waals surface area contributed by atoms with E-state index in [-0.39, 0.29) is 11.7 Å². The summed E-state index contributed by atoms with van der Waals surface area (Å²) in [5.41, 5.74) is -3.82. The lowest BCUT2D eigenvalue weighted by molar-refractivity contribution is -0.0435. The van der Waals surface area contributed by atoms with Gasteiger partial charge in [-0.2, -0.15) is 18.3 Å². The molecule has 2 rings (SSSR count). The molecule has 0 aliphatic heterocycles. The normalized spacial score (nSPS) is 13.8. The Labute approximate surface area is 131 Å². The summed E-state index contributed by atoms with van der Waals surface area (Å²) in [5, 5.41) is 9.63. The minimum Gasteiger partial charge on any atom is -0.381 e. The first-order valence-electron chi connectivity index (χ1n) is 6.79. The van der Waals surface area contributed by atoms with E-state index in [1.807, 2.05) is 13.0 Å². The first-order chi connectivity index (χ1) is 10.6. The maximum absolute atomic E-state index is 12.8. The van der Waals surface area contributed by atoms with E-state index in [1.54, 1.807) is 6.92 Å². The van der Waals surface area contributed by atoms with Crippen LogP contribution in [0.25, 0.3) is 0 Å². The summed E-state index contributed by atoms with van der Waals surface area (Å²) in [4.78, 5) is -0.780. The molecular formula is C14H16F3N3O2S. The average Bonchev–Trinajstić information content (AvgIpc) is 2.83. The van der Waals surface area contributed by atoms with Crippen molar-refractivity contribution in [3.63, 3.8) is 0 Å². The zero-order valence-electron chi connectivity index (χ0n) is 12.5. The molecule has 1 heterocycles. The molecule has 0 aliphatic carbocycles. The first kappa shape index (κ1) is 17.3. The number of anilines is 1. The number of aromatic nitrogens is 2. The van der Waals surface area contributed by atoms with Crippen molar-refractivity contribution in [2.45, 2.75) is 36.7 Å². The molecule has 2 N–H and O–H groups in total. The molecule has 1 aromatic heterocycles. The number of rotatable bonds is 5. The number of H-pyrrole nitrogens is 1. The van der Waals surface area contributed by atoms with Crippen LogP contribution in [-0.2, 0) is 16.3 Å². The Kier molecular flexibility index (Phi) is 4.69. The quantitative estimate of drug-likeness (QED) is 0.872. The molecule has 0 bridgehead atoms. The van der Waals surface area contributed by atoms with Crippen molar-refractivity contribution in [2.24, 2.45) is 0 Å². The minimum absolute atomic E-state index is 0.0791. The second-order valence-electron chi connectivity index (χ2n) is 5.24. The van der Waals surface area contributed by atoms with E-state index in [1.165, 1.54) is 18.2 Å². The van der Waals surface area contributed by atoms with Crippen LogP contribution < -0.4 is 5.32 Å². The number of nitrogens with one attached hydrogen (secondary N) is 2. The zero-order chi connectivity index (χ0) is 17.3. The Morgan fingerprint density at radius 1 is 1.30 bits per heavy atom. The molecule has 5 nitrogen and oxygen atoms in total. The molecule has 0 saturated heterocycles. The molecule has 126 valence electrons. The summed E-state index contributed by atoms with van der Waals surface area (Å²) in [7, 11) is -5.41. The molecule has 0 fully saturated rings. The Bertz CT molecular complexity index is 785. The van der Waals surface area contributed by atoms with Crippen molar-refractivity contribution in [1.82, 2.24) is 10.2 Å². The molecule has 0 saturated carbocycles. The molecule has 1 aromatic carbocycles. The summed E-state index contributed by atoms with van der Waals surface area (Å²) in [6.45, 7) is 3.57. The van der Waals surface area contributed by atoms with Crippen molar-refractivity contribution in [1.29, 1.82) is 0 Å². The van der Waals surface area contributed by atoms with Crippen LogP contribution in [-0.4, -0.2) is 30.2 Å². The van der Waals surface area contributed by atoms with Gasteiger partial charge in [0, 0.05) is 18.2 Å². The van der Waals surface area contributed by atoms with Crippen LogP contribution in [0.5, 0.6) is 0 Å². The summed E-state index contributed by atoms with van der Waals surface area (Å²) in [6.07, 6.45) is 0.435. The second kappa shape index (κ2) is 6.23. The number of para-hydroxylation sites is 1. The number of aromatic amines is 1. The van der Waals surface area contributed by atoms with E-state index in [9.17, 15) is 21.6 Å². The fraction of sp³-hybridized carbons (Fsp3) is 0.357. The number of benzene rings is 1. The molecule has 2 aromatic rings. The summed E-state index contributed by atoms with van der Waals surface area (Å²) in [6, 6.07) is 6.49. The monoisotopic (exact) mass is 347 g/mol. The van der Waals surface area contributed by atoms with Gasteiger partial charge < -0.3 is 5.32 Å². The predicted octanol–water partition coefficient (Wildman–Crippen LogP) is 3.05. The van der Waals surface area contributed by atoms with Crippen molar-refractivity contribution >= 4 is 15.5 Å². The van der Waals surface area contributed by atoms with Crippen LogP contribution in [0.3, 0.4) is 0 Å². The highest BCUT2D eigenvalue weighted by atomic mass is 32.2. The van der Waals surface area contributed by atoms with Gasteiger partial charge in [0.15, 0.2) is 0 Å².